The predicted octanol–water partition coefficient (Wildman–Crippen LogP) is 1.92. The maximum Gasteiger partial charge on any atom is 0.251 e. The molecule has 8 heteroatoms. The quantitative estimate of drug-likeness (QED) is 0.657. The van der Waals surface area contributed by atoms with Crippen molar-refractivity contribution >= 4 is 5.91 Å². The number of hydrogen-bond acceptors (Lipinski definition) is 5. The highest BCUT2D eigenvalue weighted by molar-refractivity contribution is 5.81. The number of piperidine rings is 1. The fraction of sp³-hybridized carbons (Fsp3) is 0.435. The number of carbonyl (C=O) groups excluding carboxylic acids is 1. The molecule has 0 aromatic carbocycles. The zero-order valence-corrected chi connectivity index (χ0v) is 17.6. The maximum absolute atomic E-state index is 13.3. The lowest BCUT2D eigenvalue weighted by atomic mass is 9.78. The average Bonchev–Trinajstić information content (AvgIpc) is 3.41. The monoisotopic (exact) mass is 421 g/mol. The van der Waals surface area contributed by atoms with Crippen LogP contribution in [0.4, 0.5) is 0 Å². The highest BCUT2D eigenvalue weighted by Crippen LogP contribution is 2.41. The second-order valence-electron chi connectivity index (χ2n) is 8.56. The number of likely N-dealkylation sites (tertiary alicyclic amines) is 1. The zero-order chi connectivity index (χ0) is 21.4. The summed E-state index contributed by atoms with van der Waals surface area (Å²) in [4.78, 5) is 28.4. The van der Waals surface area contributed by atoms with Crippen LogP contribution < -0.4 is 10.9 Å². The number of pyridine rings is 1. The Kier molecular flexibility index (Phi) is 5.23. The van der Waals surface area contributed by atoms with Gasteiger partial charge in [0.1, 0.15) is 11.8 Å². The van der Waals surface area contributed by atoms with E-state index in [2.05, 4.69) is 15.3 Å². The molecule has 0 aliphatic carbocycles. The molecule has 1 N–H and O–H groups in total. The van der Waals surface area contributed by atoms with Gasteiger partial charge in [0, 0.05) is 55.1 Å². The normalized spacial score (nSPS) is 22.8. The van der Waals surface area contributed by atoms with Crippen LogP contribution in [0.5, 0.6) is 0 Å². The van der Waals surface area contributed by atoms with Crippen molar-refractivity contribution in [1.82, 2.24) is 24.6 Å². The number of fused-ring (bicyclic) bond motifs is 4. The molecule has 5 heterocycles. The number of hydrogen-bond donors (Lipinski definition) is 1. The molecule has 0 radical (unpaired) electrons. The smallest absolute Gasteiger partial charge is 0.251 e. The van der Waals surface area contributed by atoms with Crippen LogP contribution in [0.1, 0.15) is 35.5 Å². The molecule has 0 saturated carbocycles. The van der Waals surface area contributed by atoms with Gasteiger partial charge in [-0.1, -0.05) is 6.07 Å². The standard InChI is InChI=1S/C23H27N5O3/c1-16-7-8-25-27(16)10-9-24-23(30)22-18-12-17(20-5-2-6-21(29)28(20)22)13-26(14-18)15-19-4-3-11-31-19/h2-8,11,17-18,22H,9-10,12-15H2,1H3,(H,24,30)/t17-,18+,22+/m0/s1. The number of nitrogens with zero attached hydrogens (tertiary/aromatic N) is 4. The van der Waals surface area contributed by atoms with E-state index in [1.807, 2.05) is 35.9 Å². The fourth-order valence-electron chi connectivity index (χ4n) is 5.14. The Balaban J connectivity index is 1.37. The Labute approximate surface area is 180 Å². The van der Waals surface area contributed by atoms with E-state index in [9.17, 15) is 9.59 Å². The first-order valence-corrected chi connectivity index (χ1v) is 10.8. The minimum atomic E-state index is -0.502. The summed E-state index contributed by atoms with van der Waals surface area (Å²) in [6.45, 7) is 5.39. The summed E-state index contributed by atoms with van der Waals surface area (Å²) in [5.41, 5.74) is 1.91. The van der Waals surface area contributed by atoms with Gasteiger partial charge in [0.25, 0.3) is 5.56 Å². The number of aromatic nitrogens is 3. The van der Waals surface area contributed by atoms with Crippen LogP contribution in [0.2, 0.25) is 0 Å². The van der Waals surface area contributed by atoms with Crippen molar-refractivity contribution in [3.05, 3.63) is 76.4 Å². The molecule has 1 fully saturated rings. The number of furan rings is 1. The second-order valence-corrected chi connectivity index (χ2v) is 8.56. The van der Waals surface area contributed by atoms with Gasteiger partial charge in [0.2, 0.25) is 5.91 Å². The molecule has 1 saturated heterocycles. The van der Waals surface area contributed by atoms with Gasteiger partial charge in [0.05, 0.1) is 19.4 Å². The Morgan fingerprint density at radius 3 is 2.90 bits per heavy atom. The van der Waals surface area contributed by atoms with Crippen LogP contribution in [-0.2, 0) is 17.9 Å². The van der Waals surface area contributed by atoms with Gasteiger partial charge in [-0.15, -0.1) is 0 Å². The Morgan fingerprint density at radius 1 is 1.23 bits per heavy atom. The first kappa shape index (κ1) is 19.8. The molecule has 3 aromatic rings. The lowest BCUT2D eigenvalue weighted by Crippen LogP contribution is -2.53. The number of amides is 1. The topological polar surface area (TPSA) is 85.3 Å². The van der Waals surface area contributed by atoms with Crippen molar-refractivity contribution in [1.29, 1.82) is 0 Å². The summed E-state index contributed by atoms with van der Waals surface area (Å²) in [5.74, 6) is 1.13. The van der Waals surface area contributed by atoms with E-state index in [0.717, 1.165) is 36.7 Å². The van der Waals surface area contributed by atoms with Gasteiger partial charge in [-0.05, 0) is 37.6 Å². The minimum absolute atomic E-state index is 0.0766. The van der Waals surface area contributed by atoms with Crippen LogP contribution in [0, 0.1) is 12.8 Å². The van der Waals surface area contributed by atoms with E-state index < -0.39 is 6.04 Å². The zero-order valence-electron chi connectivity index (χ0n) is 17.6. The van der Waals surface area contributed by atoms with Gasteiger partial charge in [-0.25, -0.2) is 0 Å². The number of nitrogens with one attached hydrogen (secondary N) is 1. The van der Waals surface area contributed by atoms with E-state index in [1.54, 1.807) is 29.2 Å². The fourth-order valence-corrected chi connectivity index (χ4v) is 5.14. The third-order valence-corrected chi connectivity index (χ3v) is 6.50. The highest BCUT2D eigenvalue weighted by Gasteiger charge is 2.43. The van der Waals surface area contributed by atoms with E-state index in [4.69, 9.17) is 4.42 Å². The van der Waals surface area contributed by atoms with Gasteiger partial charge in [-0.3, -0.25) is 23.7 Å². The highest BCUT2D eigenvalue weighted by atomic mass is 16.3. The molecule has 2 bridgehead atoms. The van der Waals surface area contributed by atoms with Gasteiger partial charge < -0.3 is 9.73 Å². The summed E-state index contributed by atoms with van der Waals surface area (Å²) in [5, 5.41) is 7.32. The molecule has 2 aliphatic rings. The molecule has 162 valence electrons. The third kappa shape index (κ3) is 3.83. The molecule has 2 aliphatic heterocycles. The molecular weight excluding hydrogens is 394 g/mol. The molecule has 1 amide bonds. The number of rotatable bonds is 6. The molecule has 31 heavy (non-hydrogen) atoms. The van der Waals surface area contributed by atoms with E-state index in [1.165, 1.54) is 0 Å². The number of carbonyl (C=O) groups is 1. The molecule has 0 unspecified atom stereocenters. The van der Waals surface area contributed by atoms with Gasteiger partial charge in [-0.2, -0.15) is 5.10 Å². The average molecular weight is 422 g/mol. The molecule has 8 nitrogen and oxygen atoms in total. The largest absolute Gasteiger partial charge is 0.468 e. The molecule has 5 rings (SSSR count). The van der Waals surface area contributed by atoms with Gasteiger partial charge >= 0.3 is 0 Å². The Bertz CT molecular complexity index is 1120. The molecule has 3 aromatic heterocycles. The summed E-state index contributed by atoms with van der Waals surface area (Å²) in [6.07, 6.45) is 4.35. The lowest BCUT2D eigenvalue weighted by Gasteiger charge is -2.46. The van der Waals surface area contributed by atoms with Crippen molar-refractivity contribution in [3.63, 3.8) is 0 Å². The Morgan fingerprint density at radius 2 is 2.13 bits per heavy atom. The van der Waals surface area contributed by atoms with Crippen LogP contribution >= 0.6 is 0 Å². The van der Waals surface area contributed by atoms with Crippen molar-refractivity contribution in [2.45, 2.75) is 38.4 Å². The molecular formula is C23H27N5O3. The first-order valence-electron chi connectivity index (χ1n) is 10.8. The third-order valence-electron chi connectivity index (χ3n) is 6.50. The van der Waals surface area contributed by atoms with Crippen LogP contribution in [0.3, 0.4) is 0 Å². The number of aryl methyl sites for hydroxylation is 1. The first-order chi connectivity index (χ1) is 15.1. The SMILES string of the molecule is Cc1ccnn1CCNC(=O)[C@H]1[C@@H]2C[C@@H](CN(Cc3ccco3)C2)c2cccc(=O)n21. The molecule has 0 spiro atoms. The summed E-state index contributed by atoms with van der Waals surface area (Å²) >= 11 is 0. The van der Waals surface area contributed by atoms with Crippen molar-refractivity contribution in [3.8, 4) is 0 Å². The maximum atomic E-state index is 13.3. The van der Waals surface area contributed by atoms with Crippen LogP contribution in [0.15, 0.2) is 58.1 Å². The van der Waals surface area contributed by atoms with Crippen molar-refractivity contribution in [2.75, 3.05) is 19.6 Å². The minimum Gasteiger partial charge on any atom is -0.468 e. The summed E-state index contributed by atoms with van der Waals surface area (Å²) in [7, 11) is 0. The lowest BCUT2D eigenvalue weighted by molar-refractivity contribution is -0.127. The summed E-state index contributed by atoms with van der Waals surface area (Å²) in [6, 6.07) is 10.7. The van der Waals surface area contributed by atoms with E-state index >= 15 is 0 Å². The van der Waals surface area contributed by atoms with E-state index in [0.29, 0.717) is 19.6 Å². The summed E-state index contributed by atoms with van der Waals surface area (Å²) < 4.78 is 9.13. The van der Waals surface area contributed by atoms with Crippen molar-refractivity contribution < 1.29 is 9.21 Å². The van der Waals surface area contributed by atoms with Crippen LogP contribution in [-0.4, -0.2) is 44.8 Å². The Hall–Kier alpha value is -3.13. The predicted molar refractivity (Wildman–Crippen MR) is 115 cm³/mol. The molecule has 3 atom stereocenters. The van der Waals surface area contributed by atoms with E-state index in [-0.39, 0.29) is 23.3 Å². The van der Waals surface area contributed by atoms with Crippen LogP contribution in [0.25, 0.3) is 0 Å². The van der Waals surface area contributed by atoms with Crippen molar-refractivity contribution in [2.24, 2.45) is 5.92 Å². The van der Waals surface area contributed by atoms with Gasteiger partial charge in [0.15, 0.2) is 0 Å². The second kappa shape index (κ2) is 8.19.